The van der Waals surface area contributed by atoms with Gasteiger partial charge in [-0.25, -0.2) is 4.79 Å². The first kappa shape index (κ1) is 20.6. The molecule has 4 unspecified atom stereocenters. The smallest absolute Gasteiger partial charge is 0.338 e. The first-order valence-electron chi connectivity index (χ1n) is 11.1. The van der Waals surface area contributed by atoms with Crippen LogP contribution in [-0.4, -0.2) is 30.2 Å². The van der Waals surface area contributed by atoms with E-state index >= 15 is 0 Å². The van der Waals surface area contributed by atoms with Crippen molar-refractivity contribution in [3.05, 3.63) is 64.7 Å². The Balaban J connectivity index is 1.25. The summed E-state index contributed by atoms with van der Waals surface area (Å²) in [6.07, 6.45) is 3.06. The molecule has 4 atom stereocenters. The maximum atomic E-state index is 12.9. The van der Waals surface area contributed by atoms with Crippen LogP contribution in [-0.2, 0) is 14.3 Å². The molecule has 1 heterocycles. The molecule has 0 spiro atoms. The van der Waals surface area contributed by atoms with Crippen molar-refractivity contribution < 1.29 is 23.9 Å². The highest BCUT2D eigenvalue weighted by atomic mass is 16.5. The fourth-order valence-electron chi connectivity index (χ4n) is 5.74. The van der Waals surface area contributed by atoms with Gasteiger partial charge in [-0.1, -0.05) is 17.7 Å². The lowest BCUT2D eigenvalue weighted by atomic mass is 9.81. The average Bonchev–Trinajstić information content (AvgIpc) is 3.47. The van der Waals surface area contributed by atoms with Crippen LogP contribution < -0.4 is 4.90 Å². The number of rotatable bonds is 5. The van der Waals surface area contributed by atoms with Gasteiger partial charge >= 0.3 is 5.97 Å². The van der Waals surface area contributed by atoms with E-state index in [1.807, 2.05) is 26.0 Å². The number of carbonyl (C=O) groups is 4. The third-order valence-corrected chi connectivity index (χ3v) is 7.32. The van der Waals surface area contributed by atoms with Gasteiger partial charge in [-0.2, -0.15) is 0 Å². The molecule has 1 aliphatic heterocycles. The summed E-state index contributed by atoms with van der Waals surface area (Å²) in [6, 6.07) is 11.8. The highest BCUT2D eigenvalue weighted by Gasteiger charge is 2.61. The van der Waals surface area contributed by atoms with Crippen LogP contribution in [0.15, 0.2) is 42.5 Å². The van der Waals surface area contributed by atoms with Crippen molar-refractivity contribution >= 4 is 29.3 Å². The average molecular weight is 431 g/mol. The minimum absolute atomic E-state index is 0.110. The number of anilines is 1. The summed E-state index contributed by atoms with van der Waals surface area (Å²) < 4.78 is 5.21. The van der Waals surface area contributed by atoms with Crippen LogP contribution in [0.3, 0.4) is 0 Å². The number of aryl methyl sites for hydroxylation is 2. The molecule has 2 aromatic carbocycles. The minimum atomic E-state index is -0.621. The van der Waals surface area contributed by atoms with Gasteiger partial charge in [0, 0.05) is 5.56 Å². The van der Waals surface area contributed by atoms with E-state index in [0.29, 0.717) is 23.1 Å². The van der Waals surface area contributed by atoms with Gasteiger partial charge in [0.1, 0.15) is 0 Å². The van der Waals surface area contributed by atoms with Gasteiger partial charge in [0.25, 0.3) is 0 Å². The van der Waals surface area contributed by atoms with Gasteiger partial charge in [-0.3, -0.25) is 19.3 Å². The van der Waals surface area contributed by atoms with E-state index < -0.39 is 5.97 Å². The highest BCUT2D eigenvalue weighted by Crippen LogP contribution is 2.56. The SMILES string of the molecule is Cc1ccc(C)c(C(=O)COC(=O)c2ccc(N3C(=O)C4C5CCC(C5)C4C3=O)cc2)c1. The number of amides is 2. The van der Waals surface area contributed by atoms with Gasteiger partial charge in [-0.05, 0) is 80.8 Å². The van der Waals surface area contributed by atoms with E-state index in [1.165, 1.54) is 17.0 Å². The van der Waals surface area contributed by atoms with Crippen molar-refractivity contribution in [3.8, 4) is 0 Å². The van der Waals surface area contributed by atoms with Crippen molar-refractivity contribution in [2.75, 3.05) is 11.5 Å². The van der Waals surface area contributed by atoms with E-state index in [9.17, 15) is 19.2 Å². The zero-order valence-corrected chi connectivity index (χ0v) is 18.2. The van der Waals surface area contributed by atoms with E-state index in [-0.39, 0.29) is 41.6 Å². The summed E-state index contributed by atoms with van der Waals surface area (Å²) in [6.45, 7) is 3.39. The lowest BCUT2D eigenvalue weighted by Crippen LogP contribution is -2.32. The topological polar surface area (TPSA) is 80.8 Å². The summed E-state index contributed by atoms with van der Waals surface area (Å²) in [5, 5.41) is 0. The molecule has 2 bridgehead atoms. The van der Waals surface area contributed by atoms with Crippen LogP contribution in [0.4, 0.5) is 5.69 Å². The number of imide groups is 1. The number of hydrogen-bond donors (Lipinski definition) is 0. The number of ether oxygens (including phenoxy) is 1. The molecule has 2 aliphatic carbocycles. The second-order valence-electron chi connectivity index (χ2n) is 9.26. The van der Waals surface area contributed by atoms with E-state index in [2.05, 4.69) is 0 Å². The van der Waals surface area contributed by atoms with Crippen molar-refractivity contribution in [1.29, 1.82) is 0 Å². The number of hydrogen-bond acceptors (Lipinski definition) is 5. The van der Waals surface area contributed by atoms with E-state index in [1.54, 1.807) is 18.2 Å². The van der Waals surface area contributed by atoms with Crippen LogP contribution in [0.25, 0.3) is 0 Å². The number of nitrogens with zero attached hydrogens (tertiary/aromatic N) is 1. The Morgan fingerprint density at radius 1 is 0.938 bits per heavy atom. The van der Waals surface area contributed by atoms with E-state index in [4.69, 9.17) is 4.74 Å². The molecule has 2 aromatic rings. The van der Waals surface area contributed by atoms with Crippen LogP contribution in [0.5, 0.6) is 0 Å². The number of fused-ring (bicyclic) bond motifs is 5. The Hall–Kier alpha value is -3.28. The quantitative estimate of drug-likeness (QED) is 0.408. The summed E-state index contributed by atoms with van der Waals surface area (Å²) in [7, 11) is 0. The molecule has 164 valence electrons. The fraction of sp³-hybridized carbons (Fsp3) is 0.385. The van der Waals surface area contributed by atoms with Crippen molar-refractivity contribution in [3.63, 3.8) is 0 Å². The summed E-state index contributed by atoms with van der Waals surface area (Å²) in [5.41, 5.74) is 3.08. The Kier molecular flexibility index (Phi) is 4.96. The number of esters is 1. The Morgan fingerprint density at radius 2 is 1.56 bits per heavy atom. The molecular weight excluding hydrogens is 406 g/mol. The van der Waals surface area contributed by atoms with E-state index in [0.717, 1.165) is 30.4 Å². The molecule has 32 heavy (non-hydrogen) atoms. The first-order chi connectivity index (χ1) is 15.3. The maximum absolute atomic E-state index is 12.9. The van der Waals surface area contributed by atoms with Gasteiger partial charge in [0.2, 0.25) is 17.6 Å². The Labute approximate surface area is 186 Å². The minimum Gasteiger partial charge on any atom is -0.454 e. The first-order valence-corrected chi connectivity index (χ1v) is 11.1. The molecule has 6 heteroatoms. The summed E-state index contributed by atoms with van der Waals surface area (Å²) in [4.78, 5) is 52.1. The normalized spacial score (nSPS) is 25.9. The third kappa shape index (κ3) is 3.25. The van der Waals surface area contributed by atoms with Crippen LogP contribution in [0.1, 0.15) is 51.1 Å². The monoisotopic (exact) mass is 431 g/mol. The number of benzene rings is 2. The molecule has 0 aromatic heterocycles. The lowest BCUT2D eigenvalue weighted by Gasteiger charge is -2.19. The number of ketones is 1. The largest absolute Gasteiger partial charge is 0.454 e. The number of Topliss-reactive ketones (excluding diaryl/α,β-unsaturated/α-hetero) is 1. The molecule has 2 saturated carbocycles. The Bertz CT molecular complexity index is 1110. The van der Waals surface area contributed by atoms with Gasteiger partial charge in [-0.15, -0.1) is 0 Å². The summed E-state index contributed by atoms with van der Waals surface area (Å²) in [5.74, 6) is -0.799. The molecule has 0 N–H and O–H groups in total. The maximum Gasteiger partial charge on any atom is 0.338 e. The molecule has 3 fully saturated rings. The molecule has 2 amide bonds. The van der Waals surface area contributed by atoms with Gasteiger partial charge in [0.05, 0.1) is 23.1 Å². The summed E-state index contributed by atoms with van der Waals surface area (Å²) >= 11 is 0. The lowest BCUT2D eigenvalue weighted by molar-refractivity contribution is -0.123. The molecular formula is C26H25NO5. The van der Waals surface area contributed by atoms with Crippen molar-refractivity contribution in [1.82, 2.24) is 0 Å². The zero-order valence-electron chi connectivity index (χ0n) is 18.2. The fourth-order valence-corrected chi connectivity index (χ4v) is 5.74. The predicted molar refractivity (Wildman–Crippen MR) is 117 cm³/mol. The van der Waals surface area contributed by atoms with Crippen LogP contribution in [0.2, 0.25) is 0 Å². The third-order valence-electron chi connectivity index (χ3n) is 7.32. The molecule has 6 nitrogen and oxygen atoms in total. The molecule has 3 aliphatic rings. The van der Waals surface area contributed by atoms with Crippen molar-refractivity contribution in [2.45, 2.75) is 33.1 Å². The van der Waals surface area contributed by atoms with Crippen LogP contribution >= 0.6 is 0 Å². The Morgan fingerprint density at radius 3 is 2.19 bits per heavy atom. The molecule has 1 saturated heterocycles. The second kappa shape index (κ2) is 7.69. The second-order valence-corrected chi connectivity index (χ2v) is 9.26. The van der Waals surface area contributed by atoms with Gasteiger partial charge in [0.15, 0.2) is 6.61 Å². The predicted octanol–water partition coefficient (Wildman–Crippen LogP) is 3.88. The zero-order chi connectivity index (χ0) is 22.6. The van der Waals surface area contributed by atoms with Crippen LogP contribution in [0, 0.1) is 37.5 Å². The molecule has 5 rings (SSSR count). The van der Waals surface area contributed by atoms with Crippen molar-refractivity contribution in [2.24, 2.45) is 23.7 Å². The standard InChI is InChI=1S/C26H25NO5/c1-14-3-4-15(2)20(11-14)21(28)13-32-26(31)16-7-9-19(10-8-16)27-24(29)22-17-5-6-18(12-17)23(22)25(27)30/h3-4,7-11,17-18,22-23H,5-6,12-13H2,1-2H3. The molecule has 0 radical (unpaired) electrons. The van der Waals surface area contributed by atoms with Gasteiger partial charge < -0.3 is 4.74 Å². The number of carbonyl (C=O) groups excluding carboxylic acids is 4. The highest BCUT2D eigenvalue weighted by molar-refractivity contribution is 6.22.